The first-order valence-electron chi connectivity index (χ1n) is 9.23. The summed E-state index contributed by atoms with van der Waals surface area (Å²) in [4.78, 5) is 27.8. The quantitative estimate of drug-likeness (QED) is 0.609. The summed E-state index contributed by atoms with van der Waals surface area (Å²) in [5.41, 5.74) is 2.38. The number of nitrogens with one attached hydrogen (secondary N) is 2. The summed E-state index contributed by atoms with van der Waals surface area (Å²) in [5, 5.41) is 5.59. The molecule has 0 spiro atoms. The summed E-state index contributed by atoms with van der Waals surface area (Å²) in [6.45, 7) is 1.91. The Labute approximate surface area is 168 Å². The normalized spacial score (nSPS) is 10.6. The third-order valence-electron chi connectivity index (χ3n) is 4.41. The monoisotopic (exact) mass is 396 g/mol. The number of nitrogens with zero attached hydrogens (tertiary/aromatic N) is 2. The van der Waals surface area contributed by atoms with Crippen LogP contribution in [0.15, 0.2) is 42.5 Å². The van der Waals surface area contributed by atoms with Gasteiger partial charge in [-0.05, 0) is 42.5 Å². The average Bonchev–Trinajstić information content (AvgIpc) is 3.01. The van der Waals surface area contributed by atoms with E-state index in [2.05, 4.69) is 15.6 Å². The summed E-state index contributed by atoms with van der Waals surface area (Å²) < 4.78 is 12.6. The van der Waals surface area contributed by atoms with Gasteiger partial charge in [0.15, 0.2) is 6.61 Å². The zero-order chi connectivity index (χ0) is 20.8. The molecule has 3 rings (SSSR count). The van der Waals surface area contributed by atoms with Gasteiger partial charge in [-0.25, -0.2) is 4.98 Å². The number of imidazole rings is 1. The molecule has 0 saturated carbocycles. The fourth-order valence-corrected chi connectivity index (χ4v) is 2.92. The van der Waals surface area contributed by atoms with Crippen molar-refractivity contribution in [3.05, 3.63) is 48.3 Å². The van der Waals surface area contributed by atoms with Gasteiger partial charge in [0.05, 0.1) is 18.1 Å². The van der Waals surface area contributed by atoms with Crippen molar-refractivity contribution in [3.63, 3.8) is 0 Å². The molecular weight excluding hydrogens is 372 g/mol. The van der Waals surface area contributed by atoms with Gasteiger partial charge in [-0.3, -0.25) is 9.59 Å². The van der Waals surface area contributed by atoms with Crippen molar-refractivity contribution in [2.75, 3.05) is 25.6 Å². The minimum absolute atomic E-state index is 0.0642. The maximum atomic E-state index is 12.2. The van der Waals surface area contributed by atoms with E-state index in [-0.39, 0.29) is 18.4 Å². The number of rotatable bonds is 8. The number of carbonyl (C=O) groups is 2. The van der Waals surface area contributed by atoms with Gasteiger partial charge in [0, 0.05) is 32.6 Å². The molecule has 1 heterocycles. The minimum Gasteiger partial charge on any atom is -0.497 e. The lowest BCUT2D eigenvalue weighted by atomic mass is 10.2. The van der Waals surface area contributed by atoms with E-state index < -0.39 is 0 Å². The Morgan fingerprint density at radius 1 is 1.10 bits per heavy atom. The smallest absolute Gasteiger partial charge is 0.262 e. The number of benzene rings is 2. The molecule has 0 bridgehead atoms. The van der Waals surface area contributed by atoms with Crippen LogP contribution in [0.5, 0.6) is 11.5 Å². The van der Waals surface area contributed by atoms with E-state index >= 15 is 0 Å². The Morgan fingerprint density at radius 2 is 1.83 bits per heavy atom. The molecule has 0 aliphatic rings. The molecule has 152 valence electrons. The Hall–Kier alpha value is -3.55. The molecule has 0 aliphatic carbocycles. The molecule has 8 nitrogen and oxygen atoms in total. The van der Waals surface area contributed by atoms with Crippen LogP contribution in [0, 0.1) is 0 Å². The van der Waals surface area contributed by atoms with Gasteiger partial charge in [-0.15, -0.1) is 0 Å². The van der Waals surface area contributed by atoms with E-state index in [9.17, 15) is 9.59 Å². The molecule has 0 atom stereocenters. The zero-order valence-electron chi connectivity index (χ0n) is 16.7. The minimum atomic E-state index is -0.262. The first kappa shape index (κ1) is 20.2. The molecule has 1 aromatic heterocycles. The Balaban J connectivity index is 1.60. The molecule has 0 unspecified atom stereocenters. The molecule has 2 amide bonds. The Kier molecular flexibility index (Phi) is 6.33. The number of hydrogen-bond acceptors (Lipinski definition) is 5. The van der Waals surface area contributed by atoms with Crippen molar-refractivity contribution >= 4 is 28.5 Å². The number of anilines is 1. The average molecular weight is 396 g/mol. The number of methoxy groups -OCH3 is 1. The van der Waals surface area contributed by atoms with Crippen molar-refractivity contribution in [3.8, 4) is 11.5 Å². The highest BCUT2D eigenvalue weighted by molar-refractivity contribution is 5.94. The van der Waals surface area contributed by atoms with Crippen LogP contribution in [-0.4, -0.2) is 41.6 Å². The summed E-state index contributed by atoms with van der Waals surface area (Å²) in [7, 11) is 3.52. The van der Waals surface area contributed by atoms with E-state index in [4.69, 9.17) is 9.47 Å². The molecule has 0 fully saturated rings. The lowest BCUT2D eigenvalue weighted by Gasteiger charge is -2.08. The van der Waals surface area contributed by atoms with Crippen molar-refractivity contribution in [1.82, 2.24) is 14.9 Å². The first-order valence-corrected chi connectivity index (χ1v) is 9.23. The number of carbonyl (C=O) groups excluding carboxylic acids is 2. The van der Waals surface area contributed by atoms with E-state index in [1.165, 1.54) is 6.92 Å². The molecule has 0 aliphatic heterocycles. The first-order chi connectivity index (χ1) is 14.0. The van der Waals surface area contributed by atoms with Crippen LogP contribution in [0.4, 0.5) is 5.69 Å². The van der Waals surface area contributed by atoms with Gasteiger partial charge in [0.2, 0.25) is 5.91 Å². The molecule has 29 heavy (non-hydrogen) atoms. The lowest BCUT2D eigenvalue weighted by Crippen LogP contribution is -2.23. The maximum absolute atomic E-state index is 12.2. The highest BCUT2D eigenvalue weighted by Gasteiger charge is 2.10. The van der Waals surface area contributed by atoms with Crippen LogP contribution in [0.25, 0.3) is 11.0 Å². The van der Waals surface area contributed by atoms with E-state index in [0.717, 1.165) is 22.6 Å². The number of hydrogen-bond donors (Lipinski definition) is 2. The van der Waals surface area contributed by atoms with Gasteiger partial charge < -0.3 is 24.7 Å². The lowest BCUT2D eigenvalue weighted by molar-refractivity contribution is -0.119. The van der Waals surface area contributed by atoms with Crippen LogP contribution < -0.4 is 20.1 Å². The predicted molar refractivity (Wildman–Crippen MR) is 110 cm³/mol. The van der Waals surface area contributed by atoms with Crippen LogP contribution in [0.2, 0.25) is 0 Å². The Morgan fingerprint density at radius 3 is 2.52 bits per heavy atom. The fourth-order valence-electron chi connectivity index (χ4n) is 2.92. The summed E-state index contributed by atoms with van der Waals surface area (Å²) in [5.74, 6) is 1.85. The van der Waals surface area contributed by atoms with E-state index in [1.807, 2.05) is 29.8 Å². The molecule has 2 N–H and O–H groups in total. The van der Waals surface area contributed by atoms with Crippen LogP contribution in [-0.2, 0) is 23.1 Å². The summed E-state index contributed by atoms with van der Waals surface area (Å²) >= 11 is 0. The van der Waals surface area contributed by atoms with E-state index in [0.29, 0.717) is 24.4 Å². The van der Waals surface area contributed by atoms with Crippen LogP contribution >= 0.6 is 0 Å². The molecule has 3 aromatic rings. The zero-order valence-corrected chi connectivity index (χ0v) is 16.7. The van der Waals surface area contributed by atoms with Crippen LogP contribution in [0.3, 0.4) is 0 Å². The van der Waals surface area contributed by atoms with Gasteiger partial charge in [0.1, 0.15) is 17.3 Å². The molecule has 2 aromatic carbocycles. The van der Waals surface area contributed by atoms with Gasteiger partial charge in [-0.2, -0.15) is 0 Å². The van der Waals surface area contributed by atoms with Gasteiger partial charge in [-0.1, -0.05) is 0 Å². The van der Waals surface area contributed by atoms with E-state index in [1.54, 1.807) is 31.4 Å². The number of aryl methyl sites for hydroxylation is 1. The molecular formula is C21H24N4O4. The number of aromatic nitrogens is 2. The second-order valence-corrected chi connectivity index (χ2v) is 6.54. The predicted octanol–water partition coefficient (Wildman–Crippen LogP) is 2.28. The number of ether oxygens (including phenoxy) is 2. The SMILES string of the molecule is COc1ccc(OCC(=O)Nc2ccc3c(c2)nc(CCNC(C)=O)n3C)cc1. The highest BCUT2D eigenvalue weighted by Crippen LogP contribution is 2.20. The number of fused-ring (bicyclic) bond motifs is 1. The number of amides is 2. The topological polar surface area (TPSA) is 94.5 Å². The maximum Gasteiger partial charge on any atom is 0.262 e. The van der Waals surface area contributed by atoms with Crippen LogP contribution in [0.1, 0.15) is 12.7 Å². The largest absolute Gasteiger partial charge is 0.497 e. The second kappa shape index (κ2) is 9.09. The highest BCUT2D eigenvalue weighted by atomic mass is 16.5. The van der Waals surface area contributed by atoms with Gasteiger partial charge >= 0.3 is 0 Å². The molecule has 0 saturated heterocycles. The second-order valence-electron chi connectivity index (χ2n) is 6.54. The van der Waals surface area contributed by atoms with Crippen molar-refractivity contribution in [2.24, 2.45) is 7.05 Å². The molecule has 8 heteroatoms. The summed E-state index contributed by atoms with van der Waals surface area (Å²) in [6, 6.07) is 12.6. The summed E-state index contributed by atoms with van der Waals surface area (Å²) in [6.07, 6.45) is 0.627. The fraction of sp³-hybridized carbons (Fsp3) is 0.286. The van der Waals surface area contributed by atoms with Crippen molar-refractivity contribution in [2.45, 2.75) is 13.3 Å². The molecule has 0 radical (unpaired) electrons. The third kappa shape index (κ3) is 5.25. The standard InChI is InChI=1S/C21H24N4O4/c1-14(26)22-11-10-20-24-18-12-15(4-9-19(18)25(20)2)23-21(27)13-29-17-7-5-16(28-3)6-8-17/h4-9,12H,10-11,13H2,1-3H3,(H,22,26)(H,23,27). The Bertz CT molecular complexity index is 1010. The third-order valence-corrected chi connectivity index (χ3v) is 4.41. The van der Waals surface area contributed by atoms with Crippen molar-refractivity contribution < 1.29 is 19.1 Å². The van der Waals surface area contributed by atoms with Crippen molar-refractivity contribution in [1.29, 1.82) is 0 Å². The van der Waals surface area contributed by atoms with Gasteiger partial charge in [0.25, 0.3) is 5.91 Å².